The van der Waals surface area contributed by atoms with E-state index in [1.165, 1.54) is 103 Å². The number of rotatable bonds is 22. The number of methoxy groups -OCH3 is 1. The summed E-state index contributed by atoms with van der Waals surface area (Å²) < 4.78 is 119. The molecule has 13 nitrogen and oxygen atoms in total. The van der Waals surface area contributed by atoms with Crippen LogP contribution in [0.5, 0.6) is 28.7 Å². The lowest BCUT2D eigenvalue weighted by atomic mass is 9.97. The van der Waals surface area contributed by atoms with Gasteiger partial charge in [-0.1, -0.05) is 189 Å². The van der Waals surface area contributed by atoms with Crippen LogP contribution in [0.3, 0.4) is 0 Å². The number of ether oxygens (including phenoxy) is 5. The van der Waals surface area contributed by atoms with Crippen molar-refractivity contribution in [3.05, 3.63) is 368 Å². The summed E-state index contributed by atoms with van der Waals surface area (Å²) in [6.07, 6.45) is 1.23. The van der Waals surface area contributed by atoms with E-state index in [1.807, 2.05) is 19.1 Å². The van der Waals surface area contributed by atoms with Gasteiger partial charge in [0, 0.05) is 36.5 Å². The molecule has 0 atom stereocenters. The van der Waals surface area contributed by atoms with Crippen LogP contribution in [0.25, 0.3) is 43.1 Å². The van der Waals surface area contributed by atoms with Crippen molar-refractivity contribution in [2.45, 2.75) is 101 Å². The van der Waals surface area contributed by atoms with E-state index in [0.717, 1.165) is 69.0 Å². The Balaban J connectivity index is 0.000000158. The summed E-state index contributed by atoms with van der Waals surface area (Å²) >= 11 is 3.59. The molecule has 18 rings (SSSR count). The van der Waals surface area contributed by atoms with E-state index in [9.17, 15) is 26.1 Å². The molecule has 0 bridgehead atoms. The molecule has 0 saturated heterocycles. The zero-order valence-electron chi connectivity index (χ0n) is 64.9. The fourth-order valence-corrected chi connectivity index (χ4v) is 20.5. The minimum absolute atomic E-state index is 0.219. The number of hydrogen-bond acceptors (Lipinski definition) is 15. The van der Waals surface area contributed by atoms with E-state index in [0.29, 0.717) is 32.8 Å². The molecule has 0 amide bonds. The molecule has 0 aliphatic carbocycles. The first-order valence-electron chi connectivity index (χ1n) is 38.4. The lowest BCUT2D eigenvalue weighted by Gasteiger charge is -2.21. The van der Waals surface area contributed by atoms with Crippen molar-refractivity contribution in [2.24, 2.45) is 0 Å². The number of para-hydroxylation sites is 2. The molecular formula is C98H79F3N2O11S6. The maximum absolute atomic E-state index is 10.7. The summed E-state index contributed by atoms with van der Waals surface area (Å²) in [5.74, 6) is 4.01. The predicted octanol–water partition coefficient (Wildman–Crippen LogP) is 25.3. The molecule has 0 fully saturated rings. The first-order chi connectivity index (χ1) is 58.2. The Hall–Kier alpha value is -11.8. The van der Waals surface area contributed by atoms with Gasteiger partial charge in [-0.2, -0.15) is 13.2 Å². The summed E-state index contributed by atoms with van der Waals surface area (Å²) in [5, 5.41) is 17.0. The van der Waals surface area contributed by atoms with Crippen LogP contribution < -0.4 is 34.3 Å². The quantitative estimate of drug-likeness (QED) is 0.0282. The summed E-state index contributed by atoms with van der Waals surface area (Å²) in [7, 11) is -8.97. The summed E-state index contributed by atoms with van der Waals surface area (Å²) in [5.41, 5.74) is 3.54. The maximum Gasteiger partial charge on any atom is 0.485 e. The molecule has 2 N–H and O–H groups in total. The van der Waals surface area contributed by atoms with Crippen LogP contribution in [0.4, 0.5) is 35.9 Å². The Kier molecular flexibility index (Phi) is 26.4. The van der Waals surface area contributed by atoms with Gasteiger partial charge in [-0.3, -0.25) is 0 Å². The molecule has 120 heavy (non-hydrogen) atoms. The van der Waals surface area contributed by atoms with Crippen molar-refractivity contribution in [2.75, 3.05) is 23.5 Å². The lowest BCUT2D eigenvalue weighted by Crippen LogP contribution is -2.21. The fraction of sp³-hybridized carbons (Fsp3) is 0.102. The molecule has 0 radical (unpaired) electrons. The highest BCUT2D eigenvalue weighted by atomic mass is 32.2. The smallest absolute Gasteiger partial charge is 0.485 e. The van der Waals surface area contributed by atoms with E-state index < -0.39 is 25.7 Å². The topological polar surface area (TPSA) is 185 Å². The molecule has 2 aliphatic heterocycles. The van der Waals surface area contributed by atoms with Crippen molar-refractivity contribution in [1.82, 2.24) is 0 Å². The highest BCUT2D eigenvalue weighted by Gasteiger charge is 2.37. The molecule has 604 valence electrons. The van der Waals surface area contributed by atoms with E-state index in [4.69, 9.17) is 36.7 Å². The molecular weight excluding hydrogens is 1630 g/mol. The van der Waals surface area contributed by atoms with Crippen LogP contribution in [0.15, 0.2) is 395 Å². The van der Waals surface area contributed by atoms with E-state index in [2.05, 4.69) is 344 Å². The van der Waals surface area contributed by atoms with Crippen molar-refractivity contribution < 1.29 is 62.8 Å². The monoisotopic (exact) mass is 1710 g/mol. The number of halogens is 3. The molecule has 0 spiro atoms. The number of nitrogens with one attached hydrogen (secondary N) is 2. The normalized spacial score (nSPS) is 12.0. The highest BCUT2D eigenvalue weighted by Crippen LogP contribution is 2.47. The minimum atomic E-state index is -6.09. The van der Waals surface area contributed by atoms with Gasteiger partial charge in [-0.05, 0) is 255 Å². The van der Waals surface area contributed by atoms with Crippen LogP contribution in [-0.4, -0.2) is 44.3 Å². The molecule has 16 aromatic carbocycles. The second-order valence-corrected chi connectivity index (χ2v) is 37.0. The second kappa shape index (κ2) is 38.1. The molecule has 2 aliphatic rings. The maximum atomic E-state index is 10.7. The molecule has 0 saturated carbocycles. The number of anilines is 4. The Morgan fingerprint density at radius 3 is 0.950 bits per heavy atom. The number of alkyl halides is 3. The third-order valence-electron chi connectivity index (χ3n) is 19.7. The highest BCUT2D eigenvalue weighted by molar-refractivity contribution is 8.00. The summed E-state index contributed by atoms with van der Waals surface area (Å²) in [4.78, 5) is 12.3. The Bertz CT molecular complexity index is 6100. The number of benzene rings is 16. The van der Waals surface area contributed by atoms with Crippen LogP contribution in [0.2, 0.25) is 0 Å². The van der Waals surface area contributed by atoms with Crippen LogP contribution >= 0.6 is 23.5 Å². The number of unbranched alkanes of at least 4 members (excludes halogenated alkanes) is 1. The van der Waals surface area contributed by atoms with Crippen LogP contribution in [-0.2, 0) is 68.5 Å². The molecule has 2 heterocycles. The minimum Gasteiger partial charge on any atom is -0.748 e. The third kappa shape index (κ3) is 20.7. The number of hydrogen-bond donors (Lipinski definition) is 2. The summed E-state index contributed by atoms with van der Waals surface area (Å²) in [6, 6.07) is 122. The largest absolute Gasteiger partial charge is 0.748 e. The van der Waals surface area contributed by atoms with Gasteiger partial charge in [0.15, 0.2) is 39.5 Å². The molecule has 0 aromatic heterocycles. The predicted molar refractivity (Wildman–Crippen MR) is 476 cm³/mol. The van der Waals surface area contributed by atoms with Gasteiger partial charge in [0.2, 0.25) is 0 Å². The van der Waals surface area contributed by atoms with E-state index >= 15 is 0 Å². The van der Waals surface area contributed by atoms with E-state index in [1.54, 1.807) is 30.6 Å². The second-order valence-electron chi connectivity index (χ2n) is 27.9. The first kappa shape index (κ1) is 83.2. The molecule has 0 unspecified atom stereocenters. The first-order valence-corrected chi connectivity index (χ1v) is 45.5. The van der Waals surface area contributed by atoms with Crippen molar-refractivity contribution in [1.29, 1.82) is 0 Å². The van der Waals surface area contributed by atoms with Gasteiger partial charge in [0.1, 0.15) is 55.2 Å². The summed E-state index contributed by atoms with van der Waals surface area (Å²) in [6.45, 7) is 3.82. The Morgan fingerprint density at radius 1 is 0.342 bits per heavy atom. The standard InChI is InChI=1S/C48H35O2S.C45H35N2O3S3.C4H10O3S.CHF3O3S/c1-2-16-40(17-3-1)51(41-26-22-38(23-27-41)49-32-47-43-18-8-4-12-34(43)30-35-13-5-9-19-44(35)47)42-28-24-39(25-29-42)50-33-48-45-20-10-6-14-36(45)31-37-15-7-11-21-46(37)48;1-48-32-12-18-35(19-13-32)53(36-20-14-33(15-21-36)49-28-30-10-24-44-40(26-30)46-38-6-2-4-8-42(38)51-44)37-22-16-34(17-23-37)50-29-31-11-25-45-41(27-31)47-39-7-3-5-9-43(39)52-45;1-2-3-4-8(5,6)7;2-1(3,4)8(5,6)7/h1-31H,32-33H2;2-27,46-47H,28-29H2,1H3;2-4H2,1H3,(H,5,6,7);(H,5,6,7)/q2*+1;;/p-2. The van der Waals surface area contributed by atoms with Crippen LogP contribution in [0, 0.1) is 0 Å². The van der Waals surface area contributed by atoms with Crippen LogP contribution in [0.1, 0.15) is 42.0 Å². The average Bonchev–Trinajstić information content (AvgIpc) is 0.787. The zero-order valence-corrected chi connectivity index (χ0v) is 69.8. The van der Waals surface area contributed by atoms with Gasteiger partial charge >= 0.3 is 5.51 Å². The Labute approximate surface area is 709 Å². The van der Waals surface area contributed by atoms with E-state index in [-0.39, 0.29) is 27.5 Å². The van der Waals surface area contributed by atoms with Gasteiger partial charge in [0.05, 0.1) is 61.8 Å². The Morgan fingerprint density at radius 2 is 0.633 bits per heavy atom. The van der Waals surface area contributed by atoms with Gasteiger partial charge in [-0.25, -0.2) is 16.8 Å². The third-order valence-corrected chi connectivity index (χ3v) is 27.8. The van der Waals surface area contributed by atoms with Crippen molar-refractivity contribution in [3.8, 4) is 28.7 Å². The lowest BCUT2D eigenvalue weighted by molar-refractivity contribution is -0.0518. The SMILES string of the molecule is CCCCS(=O)(=O)[O-].COc1ccc([S+](c2ccc(OCc3ccc4c(c3)Nc3ccccc3S4)cc2)c2ccc(OCc3ccc4c(c3)Nc3ccccc3S4)cc2)cc1.O=S(=O)([O-])C(F)(F)F.c1ccc([S+](c2ccc(OCc3c4ccccc4cc4ccccc34)cc2)c2ccc(OCc3c4ccccc4cc4ccccc34)cc2)cc1. The molecule has 22 heteroatoms. The zero-order chi connectivity index (χ0) is 83.2. The molecule has 16 aromatic rings. The van der Waals surface area contributed by atoms with Gasteiger partial charge < -0.3 is 43.4 Å². The average molecular weight is 1710 g/mol. The van der Waals surface area contributed by atoms with Gasteiger partial charge in [0.25, 0.3) is 0 Å². The van der Waals surface area contributed by atoms with Crippen molar-refractivity contribution >= 4 is 131 Å². The fourth-order valence-electron chi connectivity index (χ4n) is 13.8. The number of fused-ring (bicyclic) bond motifs is 8. The van der Waals surface area contributed by atoms with Crippen molar-refractivity contribution in [3.63, 3.8) is 0 Å². The van der Waals surface area contributed by atoms with Gasteiger partial charge in [-0.15, -0.1) is 0 Å².